The number of nitrogens with two attached hydrogens (primary N) is 1. The van der Waals surface area contributed by atoms with Crippen molar-refractivity contribution >= 4 is 33.9 Å². The zero-order valence-electron chi connectivity index (χ0n) is 20.0. The van der Waals surface area contributed by atoms with Crippen molar-refractivity contribution in [2.24, 2.45) is 0 Å². The molecule has 36 heavy (non-hydrogen) atoms. The lowest BCUT2D eigenvalue weighted by Gasteiger charge is -2.31. The van der Waals surface area contributed by atoms with Crippen LogP contribution in [0, 0.1) is 11.2 Å². The Labute approximate surface area is 207 Å². The molecule has 0 saturated heterocycles. The van der Waals surface area contributed by atoms with E-state index < -0.39 is 11.9 Å². The van der Waals surface area contributed by atoms with Crippen molar-refractivity contribution in [2.75, 3.05) is 23.4 Å². The summed E-state index contributed by atoms with van der Waals surface area (Å²) < 4.78 is 16.2. The Bertz CT molecular complexity index is 1510. The standard InChI is InChI=1S/C26H27FN8O/c1-14(25-34-19-8-4-7-18(27)20(19)26(36)35(25)17-5-3-6-17)33-24-21(23(29)31-13-32-24)22(28)15-9-11-16(30-2)12-10-15/h4,7-14,17,28,30H,3,5-6H2,1-2H3,(H3,29,31,32,33). The topological polar surface area (TPSA) is 135 Å². The fourth-order valence-corrected chi connectivity index (χ4v) is 4.50. The summed E-state index contributed by atoms with van der Waals surface area (Å²) in [5.74, 6) is 0.420. The lowest BCUT2D eigenvalue weighted by atomic mass is 9.92. The normalized spacial score (nSPS) is 14.3. The number of nitrogens with one attached hydrogen (secondary N) is 3. The van der Waals surface area contributed by atoms with E-state index in [4.69, 9.17) is 16.1 Å². The van der Waals surface area contributed by atoms with Gasteiger partial charge in [-0.3, -0.25) is 14.8 Å². The van der Waals surface area contributed by atoms with Gasteiger partial charge in [-0.05, 0) is 50.5 Å². The minimum absolute atomic E-state index is 0.000821. The van der Waals surface area contributed by atoms with Gasteiger partial charge in [-0.1, -0.05) is 18.2 Å². The molecule has 4 aromatic rings. The average Bonchev–Trinajstić information content (AvgIpc) is 2.84. The Kier molecular flexibility index (Phi) is 6.09. The summed E-state index contributed by atoms with van der Waals surface area (Å²) in [6.45, 7) is 1.86. The lowest BCUT2D eigenvalue weighted by Crippen LogP contribution is -2.35. The van der Waals surface area contributed by atoms with Crippen LogP contribution >= 0.6 is 0 Å². The summed E-state index contributed by atoms with van der Waals surface area (Å²) in [5, 5.41) is 15.2. The van der Waals surface area contributed by atoms with Gasteiger partial charge in [-0.25, -0.2) is 19.3 Å². The molecule has 184 valence electrons. The molecule has 1 atom stereocenters. The zero-order valence-corrected chi connectivity index (χ0v) is 20.0. The first-order chi connectivity index (χ1) is 17.4. The molecule has 2 aromatic heterocycles. The van der Waals surface area contributed by atoms with E-state index in [0.29, 0.717) is 28.3 Å². The molecule has 10 heteroatoms. The van der Waals surface area contributed by atoms with Gasteiger partial charge in [0.2, 0.25) is 0 Å². The van der Waals surface area contributed by atoms with Gasteiger partial charge in [0.15, 0.2) is 0 Å². The van der Waals surface area contributed by atoms with Gasteiger partial charge in [-0.2, -0.15) is 0 Å². The number of fused-ring (bicyclic) bond motifs is 1. The lowest BCUT2D eigenvalue weighted by molar-refractivity contribution is 0.294. The van der Waals surface area contributed by atoms with E-state index in [1.54, 1.807) is 16.7 Å². The molecule has 0 aliphatic heterocycles. The molecule has 5 rings (SSSR count). The molecule has 1 unspecified atom stereocenters. The number of aromatic nitrogens is 4. The van der Waals surface area contributed by atoms with Crippen LogP contribution in [0.25, 0.3) is 10.9 Å². The molecule has 0 bridgehead atoms. The Morgan fingerprint density at radius 1 is 1.19 bits per heavy atom. The summed E-state index contributed by atoms with van der Waals surface area (Å²) in [6, 6.07) is 11.3. The van der Waals surface area contributed by atoms with Crippen LogP contribution in [0.1, 0.15) is 55.2 Å². The highest BCUT2D eigenvalue weighted by atomic mass is 19.1. The second-order valence-electron chi connectivity index (χ2n) is 8.91. The molecule has 0 radical (unpaired) electrons. The number of nitrogens with zero attached hydrogens (tertiary/aromatic N) is 4. The van der Waals surface area contributed by atoms with Gasteiger partial charge >= 0.3 is 0 Å². The first-order valence-corrected chi connectivity index (χ1v) is 11.8. The molecule has 1 fully saturated rings. The van der Waals surface area contributed by atoms with E-state index in [9.17, 15) is 9.18 Å². The van der Waals surface area contributed by atoms with Crippen LogP contribution in [-0.4, -0.2) is 32.3 Å². The maximum atomic E-state index is 14.6. The summed E-state index contributed by atoms with van der Waals surface area (Å²) in [7, 11) is 1.82. The third-order valence-corrected chi connectivity index (χ3v) is 6.68. The number of halogens is 1. The Morgan fingerprint density at radius 3 is 2.61 bits per heavy atom. The van der Waals surface area contributed by atoms with Gasteiger partial charge in [0.1, 0.15) is 35.0 Å². The fraction of sp³-hybridized carbons (Fsp3) is 0.269. The smallest absolute Gasteiger partial charge is 0.264 e. The van der Waals surface area contributed by atoms with Crippen LogP contribution in [0.2, 0.25) is 0 Å². The third kappa shape index (κ3) is 4.04. The molecule has 5 N–H and O–H groups in total. The molecule has 2 aromatic carbocycles. The number of benzene rings is 2. The molecular formula is C26H27FN8O. The minimum Gasteiger partial charge on any atom is -0.388 e. The van der Waals surface area contributed by atoms with Crippen molar-refractivity contribution in [3.8, 4) is 0 Å². The zero-order chi connectivity index (χ0) is 25.4. The van der Waals surface area contributed by atoms with Gasteiger partial charge in [0.05, 0.1) is 22.8 Å². The van der Waals surface area contributed by atoms with Crippen LogP contribution in [0.15, 0.2) is 53.6 Å². The number of rotatable bonds is 7. The van der Waals surface area contributed by atoms with Gasteiger partial charge in [-0.15, -0.1) is 0 Å². The van der Waals surface area contributed by atoms with Crippen LogP contribution in [-0.2, 0) is 0 Å². The van der Waals surface area contributed by atoms with Crippen LogP contribution < -0.4 is 21.9 Å². The van der Waals surface area contributed by atoms with Crippen LogP contribution in [0.3, 0.4) is 0 Å². The quantitative estimate of drug-likeness (QED) is 0.287. The first kappa shape index (κ1) is 23.4. The van der Waals surface area contributed by atoms with E-state index >= 15 is 0 Å². The number of anilines is 3. The molecular weight excluding hydrogens is 459 g/mol. The molecule has 2 heterocycles. The second kappa shape index (κ2) is 9.37. The maximum absolute atomic E-state index is 14.6. The highest BCUT2D eigenvalue weighted by Crippen LogP contribution is 2.34. The van der Waals surface area contributed by atoms with E-state index in [1.165, 1.54) is 12.4 Å². The molecule has 0 amide bonds. The summed E-state index contributed by atoms with van der Waals surface area (Å²) >= 11 is 0. The Balaban J connectivity index is 1.56. The van der Waals surface area contributed by atoms with Crippen LogP contribution in [0.4, 0.5) is 21.7 Å². The molecule has 1 aliphatic rings. The largest absolute Gasteiger partial charge is 0.388 e. The van der Waals surface area contributed by atoms with E-state index in [2.05, 4.69) is 20.6 Å². The van der Waals surface area contributed by atoms with Crippen molar-refractivity contribution in [2.45, 2.75) is 38.3 Å². The van der Waals surface area contributed by atoms with Crippen molar-refractivity contribution < 1.29 is 4.39 Å². The van der Waals surface area contributed by atoms with Crippen molar-refractivity contribution in [1.82, 2.24) is 19.5 Å². The van der Waals surface area contributed by atoms with Crippen molar-refractivity contribution in [3.63, 3.8) is 0 Å². The first-order valence-electron chi connectivity index (χ1n) is 11.8. The number of nitrogen functional groups attached to an aromatic ring is 1. The average molecular weight is 487 g/mol. The highest BCUT2D eigenvalue weighted by molar-refractivity contribution is 6.16. The predicted octanol–water partition coefficient (Wildman–Crippen LogP) is 4.26. The summed E-state index contributed by atoms with van der Waals surface area (Å²) in [4.78, 5) is 26.5. The number of hydrogen-bond donors (Lipinski definition) is 4. The Hall–Kier alpha value is -4.34. The number of hydrogen-bond acceptors (Lipinski definition) is 8. The second-order valence-corrected chi connectivity index (χ2v) is 8.91. The molecule has 1 saturated carbocycles. The van der Waals surface area contributed by atoms with E-state index in [0.717, 1.165) is 24.9 Å². The summed E-state index contributed by atoms with van der Waals surface area (Å²) in [5.41, 5.74) is 8.20. The third-order valence-electron chi connectivity index (χ3n) is 6.68. The molecule has 9 nitrogen and oxygen atoms in total. The SMILES string of the molecule is CNc1ccc(C(=N)c2c(N)ncnc2NC(C)c2nc3cccc(F)c3c(=O)n2C2CCC2)cc1. The van der Waals surface area contributed by atoms with E-state index in [1.807, 2.05) is 38.2 Å². The molecule has 0 spiro atoms. The Morgan fingerprint density at radius 2 is 1.94 bits per heavy atom. The maximum Gasteiger partial charge on any atom is 0.264 e. The van der Waals surface area contributed by atoms with Crippen molar-refractivity contribution in [1.29, 1.82) is 5.41 Å². The van der Waals surface area contributed by atoms with Gasteiger partial charge in [0, 0.05) is 24.3 Å². The van der Waals surface area contributed by atoms with Crippen molar-refractivity contribution in [3.05, 3.63) is 81.9 Å². The molecule has 1 aliphatic carbocycles. The van der Waals surface area contributed by atoms with Crippen LogP contribution in [0.5, 0.6) is 0 Å². The monoisotopic (exact) mass is 486 g/mol. The minimum atomic E-state index is -0.575. The summed E-state index contributed by atoms with van der Waals surface area (Å²) in [6.07, 6.45) is 4.00. The fourth-order valence-electron chi connectivity index (χ4n) is 4.50. The van der Waals surface area contributed by atoms with E-state index in [-0.39, 0.29) is 28.5 Å². The van der Waals surface area contributed by atoms with Gasteiger partial charge < -0.3 is 16.4 Å². The van der Waals surface area contributed by atoms with Gasteiger partial charge in [0.25, 0.3) is 5.56 Å². The predicted molar refractivity (Wildman–Crippen MR) is 139 cm³/mol. The highest BCUT2D eigenvalue weighted by Gasteiger charge is 2.28.